The Morgan fingerprint density at radius 2 is 1.70 bits per heavy atom. The van der Waals surface area contributed by atoms with Crippen molar-refractivity contribution in [2.75, 3.05) is 13.2 Å². The fourth-order valence-electron chi connectivity index (χ4n) is 4.35. The minimum Gasteiger partial charge on any atom is -0.465 e. The van der Waals surface area contributed by atoms with Gasteiger partial charge in [0.15, 0.2) is 0 Å². The Bertz CT molecular complexity index is 508. The number of rotatable bonds is 9. The number of ether oxygens (including phenoxy) is 1. The molecule has 0 radical (unpaired) electrons. The van der Waals surface area contributed by atoms with E-state index in [2.05, 4.69) is 32.6 Å². The molecule has 158 valence electrons. The molecule has 0 bridgehead atoms. The standard InChI is InChI=1S/C22H41NO4/c1-8-22(7,9-2)18(25)12-15-27-19(26)11-14-23-20(3,4)13-10-17(24)16-21(23,5)6/h17,24H,8-16H2,1-7H3. The second kappa shape index (κ2) is 9.51. The number of ketones is 1. The van der Waals surface area contributed by atoms with E-state index in [1.54, 1.807) is 0 Å². The number of aliphatic hydroxyl groups is 1. The fraction of sp³-hybridized carbons (Fsp3) is 0.909. The molecule has 5 nitrogen and oxygen atoms in total. The summed E-state index contributed by atoms with van der Waals surface area (Å²) in [5.41, 5.74) is -0.575. The number of esters is 1. The van der Waals surface area contributed by atoms with Crippen LogP contribution in [-0.2, 0) is 14.3 Å². The first-order valence-electron chi connectivity index (χ1n) is 10.5. The molecule has 1 atom stereocenters. The van der Waals surface area contributed by atoms with Crippen molar-refractivity contribution in [3.05, 3.63) is 0 Å². The van der Waals surface area contributed by atoms with Crippen molar-refractivity contribution >= 4 is 11.8 Å². The van der Waals surface area contributed by atoms with Crippen LogP contribution in [0.5, 0.6) is 0 Å². The lowest BCUT2D eigenvalue weighted by atomic mass is 9.79. The Morgan fingerprint density at radius 1 is 1.11 bits per heavy atom. The maximum absolute atomic E-state index is 12.3. The summed E-state index contributed by atoms with van der Waals surface area (Å²) in [7, 11) is 0. The largest absolute Gasteiger partial charge is 0.465 e. The molecule has 0 aromatic carbocycles. The number of likely N-dealkylation sites (tertiary alicyclic amines) is 1. The van der Waals surface area contributed by atoms with Gasteiger partial charge < -0.3 is 9.84 Å². The highest BCUT2D eigenvalue weighted by Crippen LogP contribution is 2.36. The molecule has 1 rings (SSSR count). The number of carbonyl (C=O) groups is 2. The Balaban J connectivity index is 2.54. The highest BCUT2D eigenvalue weighted by Gasteiger charge is 2.41. The van der Waals surface area contributed by atoms with Gasteiger partial charge in [0.1, 0.15) is 5.78 Å². The minimum absolute atomic E-state index is 0.0821. The van der Waals surface area contributed by atoms with Crippen LogP contribution in [0.15, 0.2) is 0 Å². The van der Waals surface area contributed by atoms with Crippen LogP contribution in [0, 0.1) is 5.41 Å². The number of nitrogens with zero attached hydrogens (tertiary/aromatic N) is 1. The molecule has 0 aromatic rings. The molecule has 0 amide bonds. The second-order valence-electron chi connectivity index (χ2n) is 9.58. The molecule has 1 heterocycles. The molecule has 0 saturated carbocycles. The zero-order chi connectivity index (χ0) is 20.9. The summed E-state index contributed by atoms with van der Waals surface area (Å²) >= 11 is 0. The predicted molar refractivity (Wildman–Crippen MR) is 109 cm³/mol. The van der Waals surface area contributed by atoms with Gasteiger partial charge in [-0.15, -0.1) is 0 Å². The number of hydrogen-bond acceptors (Lipinski definition) is 5. The van der Waals surface area contributed by atoms with E-state index in [1.165, 1.54) is 0 Å². The number of hydrogen-bond donors (Lipinski definition) is 1. The first kappa shape index (κ1) is 24.1. The third-order valence-corrected chi connectivity index (χ3v) is 6.65. The van der Waals surface area contributed by atoms with Crippen molar-refractivity contribution < 1.29 is 19.4 Å². The Hall–Kier alpha value is -0.940. The van der Waals surface area contributed by atoms with Crippen molar-refractivity contribution in [3.8, 4) is 0 Å². The molecule has 0 spiro atoms. The zero-order valence-corrected chi connectivity index (χ0v) is 18.6. The number of carbonyl (C=O) groups excluding carboxylic acids is 2. The summed E-state index contributed by atoms with van der Waals surface area (Å²) < 4.78 is 5.34. The van der Waals surface area contributed by atoms with E-state index in [9.17, 15) is 14.7 Å². The van der Waals surface area contributed by atoms with Gasteiger partial charge in [0, 0.05) is 29.5 Å². The van der Waals surface area contributed by atoms with Gasteiger partial charge in [-0.2, -0.15) is 0 Å². The summed E-state index contributed by atoms with van der Waals surface area (Å²) in [5.74, 6) is -0.0852. The summed E-state index contributed by atoms with van der Waals surface area (Å²) in [6, 6.07) is 0. The third-order valence-electron chi connectivity index (χ3n) is 6.65. The second-order valence-corrected chi connectivity index (χ2v) is 9.58. The normalized spacial score (nSPS) is 22.9. The molecule has 5 heteroatoms. The van der Waals surface area contributed by atoms with Gasteiger partial charge in [-0.05, 0) is 59.8 Å². The topological polar surface area (TPSA) is 66.8 Å². The van der Waals surface area contributed by atoms with Gasteiger partial charge >= 0.3 is 5.97 Å². The monoisotopic (exact) mass is 383 g/mol. The van der Waals surface area contributed by atoms with Gasteiger partial charge in [-0.1, -0.05) is 20.8 Å². The van der Waals surface area contributed by atoms with Gasteiger partial charge in [0.05, 0.1) is 19.1 Å². The molecule has 0 aliphatic carbocycles. The van der Waals surface area contributed by atoms with Crippen LogP contribution in [-0.4, -0.2) is 52.1 Å². The van der Waals surface area contributed by atoms with E-state index in [1.807, 2.05) is 20.8 Å². The molecule has 1 aliphatic rings. The van der Waals surface area contributed by atoms with Gasteiger partial charge in [0.25, 0.3) is 0 Å². The Kier molecular flexibility index (Phi) is 8.49. The van der Waals surface area contributed by atoms with Crippen LogP contribution in [0.4, 0.5) is 0 Å². The lowest BCUT2D eigenvalue weighted by Crippen LogP contribution is -2.55. The van der Waals surface area contributed by atoms with Crippen LogP contribution in [0.25, 0.3) is 0 Å². The van der Waals surface area contributed by atoms with Crippen molar-refractivity contribution in [1.82, 2.24) is 4.90 Å². The molecule has 1 aliphatic heterocycles. The quantitative estimate of drug-likeness (QED) is 0.607. The Labute approximate surface area is 165 Å². The molecule has 1 unspecified atom stereocenters. The summed E-state index contributed by atoms with van der Waals surface area (Å²) in [6.45, 7) is 15.4. The van der Waals surface area contributed by atoms with Crippen LogP contribution in [0.1, 0.15) is 93.4 Å². The molecular formula is C22H41NO4. The van der Waals surface area contributed by atoms with Crippen molar-refractivity contribution in [1.29, 1.82) is 0 Å². The lowest BCUT2D eigenvalue weighted by molar-refractivity contribution is -0.146. The smallest absolute Gasteiger partial charge is 0.307 e. The molecule has 0 aromatic heterocycles. The van der Waals surface area contributed by atoms with E-state index in [0.717, 1.165) is 25.7 Å². The number of Topliss-reactive ketones (excluding diaryl/α,β-unsaturated/α-hetero) is 1. The summed E-state index contributed by atoms with van der Waals surface area (Å²) in [6.07, 6.45) is 4.29. The highest BCUT2D eigenvalue weighted by atomic mass is 16.5. The summed E-state index contributed by atoms with van der Waals surface area (Å²) in [5, 5.41) is 10.2. The van der Waals surface area contributed by atoms with E-state index >= 15 is 0 Å². The van der Waals surface area contributed by atoms with Crippen molar-refractivity contribution in [2.24, 2.45) is 5.41 Å². The molecule has 1 saturated heterocycles. The van der Waals surface area contributed by atoms with Crippen molar-refractivity contribution in [3.63, 3.8) is 0 Å². The van der Waals surface area contributed by atoms with E-state index < -0.39 is 0 Å². The van der Waals surface area contributed by atoms with Crippen molar-refractivity contribution in [2.45, 2.75) is 111 Å². The van der Waals surface area contributed by atoms with Crippen LogP contribution in [0.2, 0.25) is 0 Å². The van der Waals surface area contributed by atoms with Crippen LogP contribution < -0.4 is 0 Å². The van der Waals surface area contributed by atoms with E-state index in [-0.39, 0.29) is 47.4 Å². The van der Waals surface area contributed by atoms with E-state index in [4.69, 9.17) is 4.74 Å². The molecule has 1 fully saturated rings. The van der Waals surface area contributed by atoms with E-state index in [0.29, 0.717) is 19.4 Å². The molecule has 27 heavy (non-hydrogen) atoms. The lowest BCUT2D eigenvalue weighted by Gasteiger charge is -2.47. The summed E-state index contributed by atoms with van der Waals surface area (Å²) in [4.78, 5) is 26.9. The zero-order valence-electron chi connectivity index (χ0n) is 18.6. The maximum atomic E-state index is 12.3. The third kappa shape index (κ3) is 6.56. The van der Waals surface area contributed by atoms with Gasteiger partial charge in [-0.25, -0.2) is 0 Å². The fourth-order valence-corrected chi connectivity index (χ4v) is 4.35. The maximum Gasteiger partial charge on any atom is 0.307 e. The minimum atomic E-state index is -0.312. The number of aliphatic hydroxyl groups excluding tert-OH is 1. The average Bonchev–Trinajstić information content (AvgIpc) is 2.65. The molecule has 1 N–H and O–H groups in total. The van der Waals surface area contributed by atoms with Crippen LogP contribution >= 0.6 is 0 Å². The highest BCUT2D eigenvalue weighted by molar-refractivity contribution is 5.84. The van der Waals surface area contributed by atoms with Gasteiger partial charge in [-0.3, -0.25) is 14.5 Å². The predicted octanol–water partition coefficient (Wildman–Crippen LogP) is 4.11. The molecular weight excluding hydrogens is 342 g/mol. The SMILES string of the molecule is CCC(C)(CC)C(=O)CCOC(=O)CCN1C(C)(C)CCC(O)CC1(C)C. The van der Waals surface area contributed by atoms with Gasteiger partial charge in [0.2, 0.25) is 0 Å². The Morgan fingerprint density at radius 3 is 2.26 bits per heavy atom. The van der Waals surface area contributed by atoms with Crippen LogP contribution in [0.3, 0.4) is 0 Å². The first-order chi connectivity index (χ1) is 12.4. The average molecular weight is 384 g/mol. The first-order valence-corrected chi connectivity index (χ1v) is 10.5.